The number of hydrogen-bond donors (Lipinski definition) is 4. The number of aryl methyl sites for hydroxylation is 2. The predicted octanol–water partition coefficient (Wildman–Crippen LogP) is 3.44. The van der Waals surface area contributed by atoms with Gasteiger partial charge < -0.3 is 20.4 Å². The van der Waals surface area contributed by atoms with Crippen LogP contribution in [0.5, 0.6) is 11.5 Å². The first-order valence-electron chi connectivity index (χ1n) is 7.61. The van der Waals surface area contributed by atoms with E-state index in [0.717, 1.165) is 0 Å². The molecule has 0 radical (unpaired) electrons. The van der Waals surface area contributed by atoms with Gasteiger partial charge in [-0.15, -0.1) is 0 Å². The van der Waals surface area contributed by atoms with Crippen LogP contribution in [0.4, 0.5) is 0 Å². The van der Waals surface area contributed by atoms with Crippen molar-refractivity contribution in [3.63, 3.8) is 0 Å². The van der Waals surface area contributed by atoms with E-state index in [1.807, 2.05) is 13.8 Å². The summed E-state index contributed by atoms with van der Waals surface area (Å²) in [5, 5.41) is 38.4. The maximum atomic E-state index is 11.4. The molecule has 2 rings (SSSR count). The summed E-state index contributed by atoms with van der Waals surface area (Å²) in [6, 6.07) is 6.11. The number of carbonyl (C=O) groups is 2. The largest absolute Gasteiger partial charge is 0.507 e. The Morgan fingerprint density at radius 3 is 1.36 bits per heavy atom. The number of benzene rings is 2. The van der Waals surface area contributed by atoms with Gasteiger partial charge in [0, 0.05) is 5.41 Å². The van der Waals surface area contributed by atoms with Crippen molar-refractivity contribution in [1.29, 1.82) is 0 Å². The highest BCUT2D eigenvalue weighted by Crippen LogP contribution is 2.38. The van der Waals surface area contributed by atoms with Crippen molar-refractivity contribution in [3.05, 3.63) is 57.6 Å². The summed E-state index contributed by atoms with van der Waals surface area (Å²) in [4.78, 5) is 22.7. The zero-order valence-electron chi connectivity index (χ0n) is 14.4. The summed E-state index contributed by atoms with van der Waals surface area (Å²) in [5.74, 6) is -3.07. The molecule has 6 heteroatoms. The minimum Gasteiger partial charge on any atom is -0.507 e. The van der Waals surface area contributed by atoms with Crippen LogP contribution in [0, 0.1) is 13.8 Å². The van der Waals surface area contributed by atoms with Gasteiger partial charge >= 0.3 is 11.9 Å². The van der Waals surface area contributed by atoms with E-state index in [9.17, 15) is 30.0 Å². The van der Waals surface area contributed by atoms with Gasteiger partial charge in [-0.25, -0.2) is 9.59 Å². The standard InChI is InChI=1S/C19H20O6/c1-9-5-11(7-13(15(9)20)17(22)23)19(3,4)12-6-10(2)16(21)14(8-12)18(24)25/h5-8,20-21H,1-4H3,(H,22,23)(H,24,25). The smallest absolute Gasteiger partial charge is 0.339 e. The van der Waals surface area contributed by atoms with E-state index < -0.39 is 17.4 Å². The molecule has 0 unspecified atom stereocenters. The number of aromatic carboxylic acids is 2. The molecule has 0 saturated carbocycles. The van der Waals surface area contributed by atoms with Crippen molar-refractivity contribution >= 4 is 11.9 Å². The molecule has 2 aromatic rings. The van der Waals surface area contributed by atoms with Gasteiger partial charge in [0.05, 0.1) is 0 Å². The Labute approximate surface area is 145 Å². The Morgan fingerprint density at radius 1 is 0.760 bits per heavy atom. The molecule has 0 fully saturated rings. The number of hydrogen-bond acceptors (Lipinski definition) is 4. The summed E-state index contributed by atoms with van der Waals surface area (Å²) in [5.41, 5.74) is 0.886. The fraction of sp³-hybridized carbons (Fsp3) is 0.263. The molecule has 0 bridgehead atoms. The SMILES string of the molecule is Cc1cc(C(C)(C)c2cc(C)c(O)c(C(=O)O)c2)cc(C(=O)O)c1O. The second-order valence-electron chi connectivity index (χ2n) is 6.61. The van der Waals surface area contributed by atoms with Crippen LogP contribution in [0.15, 0.2) is 24.3 Å². The summed E-state index contributed by atoms with van der Waals surface area (Å²) < 4.78 is 0. The van der Waals surface area contributed by atoms with Crippen LogP contribution in [-0.4, -0.2) is 32.4 Å². The van der Waals surface area contributed by atoms with E-state index in [0.29, 0.717) is 22.3 Å². The van der Waals surface area contributed by atoms with Crippen molar-refractivity contribution in [1.82, 2.24) is 0 Å². The predicted molar refractivity (Wildman–Crippen MR) is 91.7 cm³/mol. The number of carboxylic acids is 2. The average molecular weight is 344 g/mol. The van der Waals surface area contributed by atoms with Crippen LogP contribution in [0.1, 0.15) is 56.8 Å². The highest BCUT2D eigenvalue weighted by molar-refractivity contribution is 5.92. The summed E-state index contributed by atoms with van der Waals surface area (Å²) in [6.07, 6.45) is 0. The molecule has 2 aromatic carbocycles. The monoisotopic (exact) mass is 344 g/mol. The molecule has 6 nitrogen and oxygen atoms in total. The fourth-order valence-electron chi connectivity index (χ4n) is 2.77. The molecule has 0 aliphatic heterocycles. The van der Waals surface area contributed by atoms with Crippen molar-refractivity contribution in [2.75, 3.05) is 0 Å². The minimum atomic E-state index is -1.24. The Balaban J connectivity index is 2.71. The molecule has 0 heterocycles. The molecule has 0 aliphatic rings. The topological polar surface area (TPSA) is 115 Å². The first-order chi connectivity index (χ1) is 11.5. The van der Waals surface area contributed by atoms with E-state index in [4.69, 9.17) is 0 Å². The molecule has 4 N–H and O–H groups in total. The van der Waals surface area contributed by atoms with E-state index in [-0.39, 0.29) is 22.6 Å². The quantitative estimate of drug-likeness (QED) is 0.675. The third kappa shape index (κ3) is 3.15. The molecule has 0 aliphatic carbocycles. The third-order valence-electron chi connectivity index (χ3n) is 4.51. The molecule has 0 atom stereocenters. The molecule has 0 aromatic heterocycles. The van der Waals surface area contributed by atoms with Crippen LogP contribution in [-0.2, 0) is 5.41 Å². The van der Waals surface area contributed by atoms with E-state index in [1.165, 1.54) is 12.1 Å². The zero-order valence-corrected chi connectivity index (χ0v) is 14.4. The van der Waals surface area contributed by atoms with Gasteiger partial charge in [-0.05, 0) is 48.2 Å². The number of aromatic hydroxyl groups is 2. The van der Waals surface area contributed by atoms with E-state index in [2.05, 4.69) is 0 Å². The Kier molecular flexibility index (Phi) is 4.49. The minimum absolute atomic E-state index is 0.211. The van der Waals surface area contributed by atoms with Gasteiger partial charge in [0.2, 0.25) is 0 Å². The molecular formula is C19H20O6. The van der Waals surface area contributed by atoms with Gasteiger partial charge in [0.25, 0.3) is 0 Å². The highest BCUT2D eigenvalue weighted by atomic mass is 16.4. The van der Waals surface area contributed by atoms with Gasteiger partial charge in [0.1, 0.15) is 22.6 Å². The van der Waals surface area contributed by atoms with Crippen LogP contribution in [0.25, 0.3) is 0 Å². The Bertz CT molecular complexity index is 808. The third-order valence-corrected chi connectivity index (χ3v) is 4.51. The lowest BCUT2D eigenvalue weighted by atomic mass is 9.76. The number of rotatable bonds is 4. The van der Waals surface area contributed by atoms with E-state index >= 15 is 0 Å². The van der Waals surface area contributed by atoms with E-state index in [1.54, 1.807) is 26.0 Å². The Morgan fingerprint density at radius 2 is 1.08 bits per heavy atom. The summed E-state index contributed by atoms with van der Waals surface area (Å²) in [7, 11) is 0. The van der Waals surface area contributed by atoms with Crippen molar-refractivity contribution in [3.8, 4) is 11.5 Å². The second kappa shape index (κ2) is 6.12. The average Bonchev–Trinajstić information content (AvgIpc) is 2.51. The van der Waals surface area contributed by atoms with Gasteiger partial charge in [-0.1, -0.05) is 26.0 Å². The number of phenols is 2. The number of carboxylic acid groups (broad SMARTS) is 2. The molecular weight excluding hydrogens is 324 g/mol. The first kappa shape index (κ1) is 18.3. The molecule has 0 spiro atoms. The van der Waals surface area contributed by atoms with Crippen LogP contribution in [0.3, 0.4) is 0 Å². The highest BCUT2D eigenvalue weighted by Gasteiger charge is 2.28. The Hall–Kier alpha value is -3.02. The van der Waals surface area contributed by atoms with Crippen molar-refractivity contribution in [2.24, 2.45) is 0 Å². The molecule has 0 saturated heterocycles. The lowest BCUT2D eigenvalue weighted by molar-refractivity contribution is 0.0682. The molecule has 0 amide bonds. The molecule has 25 heavy (non-hydrogen) atoms. The van der Waals surface area contributed by atoms with Crippen LogP contribution in [0.2, 0.25) is 0 Å². The second-order valence-corrected chi connectivity index (χ2v) is 6.61. The fourth-order valence-corrected chi connectivity index (χ4v) is 2.77. The van der Waals surface area contributed by atoms with Gasteiger partial charge in [0.15, 0.2) is 0 Å². The van der Waals surface area contributed by atoms with Crippen LogP contribution >= 0.6 is 0 Å². The van der Waals surface area contributed by atoms with Gasteiger partial charge in [-0.2, -0.15) is 0 Å². The zero-order chi connectivity index (χ0) is 19.1. The normalized spacial score (nSPS) is 11.4. The van der Waals surface area contributed by atoms with Crippen molar-refractivity contribution in [2.45, 2.75) is 33.1 Å². The maximum Gasteiger partial charge on any atom is 0.339 e. The maximum absolute atomic E-state index is 11.4. The van der Waals surface area contributed by atoms with Crippen LogP contribution < -0.4 is 0 Å². The first-order valence-corrected chi connectivity index (χ1v) is 7.61. The lowest BCUT2D eigenvalue weighted by Crippen LogP contribution is -2.21. The summed E-state index contributed by atoms with van der Waals surface area (Å²) >= 11 is 0. The van der Waals surface area contributed by atoms with Crippen molar-refractivity contribution < 1.29 is 30.0 Å². The summed E-state index contributed by atoms with van der Waals surface area (Å²) in [6.45, 7) is 6.85. The molecule has 132 valence electrons. The van der Waals surface area contributed by atoms with Gasteiger partial charge in [-0.3, -0.25) is 0 Å². The lowest BCUT2D eigenvalue weighted by Gasteiger charge is -2.28.